The van der Waals surface area contributed by atoms with Gasteiger partial charge in [-0.05, 0) is 50.1 Å². The lowest BCUT2D eigenvalue weighted by molar-refractivity contribution is -0.128. The fourth-order valence-electron chi connectivity index (χ4n) is 3.00. The third-order valence-corrected chi connectivity index (χ3v) is 4.77. The Hall–Kier alpha value is -1.53. The fraction of sp³-hybridized carbons (Fsp3) is 0.579. The number of carbonyl (C=O) groups excluding carboxylic acids is 2. The van der Waals surface area contributed by atoms with Crippen molar-refractivity contribution in [3.63, 3.8) is 0 Å². The third-order valence-electron chi connectivity index (χ3n) is 4.45. The first-order valence-electron chi connectivity index (χ1n) is 9.21. The Kier molecular flexibility index (Phi) is 8.83. The highest BCUT2D eigenvalue weighted by atomic mass is 32.1. The maximum atomic E-state index is 12.6. The van der Waals surface area contributed by atoms with Crippen LogP contribution in [0.15, 0.2) is 30.3 Å². The molecule has 1 fully saturated rings. The van der Waals surface area contributed by atoms with Gasteiger partial charge in [-0.15, -0.1) is 0 Å². The first-order chi connectivity index (χ1) is 12.2. The van der Waals surface area contributed by atoms with Crippen LogP contribution in [0, 0.1) is 0 Å². The standard InChI is InChI=1S/C19H29N3O2S/c23-18(16-11-6-7-13-20-16)22-17(12-5-2-8-14-25)19(24)21-15-9-3-1-4-10-15/h1,3-4,9-10,16-17,20,25H,2,5-8,11-14H2,(H,21,24)(H,22,23)/t16?,17-/m0/s1. The maximum Gasteiger partial charge on any atom is 0.246 e. The van der Waals surface area contributed by atoms with E-state index in [9.17, 15) is 9.59 Å². The molecular formula is C19H29N3O2S. The van der Waals surface area contributed by atoms with Gasteiger partial charge in [0.2, 0.25) is 11.8 Å². The summed E-state index contributed by atoms with van der Waals surface area (Å²) in [6.45, 7) is 0.862. The van der Waals surface area contributed by atoms with Gasteiger partial charge in [-0.25, -0.2) is 0 Å². The minimum absolute atomic E-state index is 0.0675. The highest BCUT2D eigenvalue weighted by Gasteiger charge is 2.26. The molecule has 0 saturated carbocycles. The van der Waals surface area contributed by atoms with Gasteiger partial charge in [0.25, 0.3) is 0 Å². The predicted octanol–water partition coefficient (Wildman–Crippen LogP) is 2.74. The van der Waals surface area contributed by atoms with Gasteiger partial charge >= 0.3 is 0 Å². The Bertz CT molecular complexity index is 533. The van der Waals surface area contributed by atoms with E-state index < -0.39 is 6.04 Å². The molecule has 0 aromatic heterocycles. The first-order valence-corrected chi connectivity index (χ1v) is 9.84. The highest BCUT2D eigenvalue weighted by molar-refractivity contribution is 7.80. The molecule has 0 bridgehead atoms. The Morgan fingerprint density at radius 2 is 1.96 bits per heavy atom. The number of thiol groups is 1. The van der Waals surface area contributed by atoms with E-state index in [-0.39, 0.29) is 17.9 Å². The molecule has 5 nitrogen and oxygen atoms in total. The number of unbranched alkanes of at least 4 members (excludes halogenated alkanes) is 2. The van der Waals surface area contributed by atoms with Crippen LogP contribution in [0.3, 0.4) is 0 Å². The SMILES string of the molecule is O=C(N[C@@H](CCCCCS)C(=O)Nc1ccccc1)C1CCCCN1. The molecule has 3 N–H and O–H groups in total. The maximum absolute atomic E-state index is 12.6. The van der Waals surface area contributed by atoms with Crippen LogP contribution in [0.25, 0.3) is 0 Å². The average Bonchev–Trinajstić information content (AvgIpc) is 2.65. The molecule has 1 heterocycles. The minimum atomic E-state index is -0.503. The molecule has 0 spiro atoms. The van der Waals surface area contributed by atoms with Crippen LogP contribution >= 0.6 is 12.6 Å². The average molecular weight is 364 g/mol. The van der Waals surface area contributed by atoms with Crippen LogP contribution in [0.4, 0.5) is 5.69 Å². The van der Waals surface area contributed by atoms with Crippen molar-refractivity contribution in [2.75, 3.05) is 17.6 Å². The van der Waals surface area contributed by atoms with Gasteiger partial charge in [-0.3, -0.25) is 9.59 Å². The first kappa shape index (κ1) is 19.8. The Labute approximate surface area is 155 Å². The Morgan fingerprint density at radius 1 is 1.16 bits per heavy atom. The minimum Gasteiger partial charge on any atom is -0.343 e. The summed E-state index contributed by atoms with van der Waals surface area (Å²) in [4.78, 5) is 25.1. The van der Waals surface area contributed by atoms with Crippen LogP contribution in [-0.2, 0) is 9.59 Å². The third kappa shape index (κ3) is 7.08. The van der Waals surface area contributed by atoms with Gasteiger partial charge in [0.15, 0.2) is 0 Å². The van der Waals surface area contributed by atoms with Crippen LogP contribution < -0.4 is 16.0 Å². The smallest absolute Gasteiger partial charge is 0.246 e. The van der Waals surface area contributed by atoms with E-state index >= 15 is 0 Å². The Morgan fingerprint density at radius 3 is 2.64 bits per heavy atom. The summed E-state index contributed by atoms with van der Waals surface area (Å²) in [7, 11) is 0. The largest absolute Gasteiger partial charge is 0.343 e. The summed E-state index contributed by atoms with van der Waals surface area (Å²) in [6, 6.07) is 8.67. The van der Waals surface area contributed by atoms with Gasteiger partial charge < -0.3 is 16.0 Å². The number of anilines is 1. The molecule has 1 aromatic carbocycles. The molecule has 6 heteroatoms. The molecule has 1 aromatic rings. The fourth-order valence-corrected chi connectivity index (χ4v) is 3.23. The lowest BCUT2D eigenvalue weighted by Crippen LogP contribution is -2.52. The molecule has 2 atom stereocenters. The van der Waals surface area contributed by atoms with Crippen molar-refractivity contribution in [3.05, 3.63) is 30.3 Å². The number of hydrogen-bond acceptors (Lipinski definition) is 4. The van der Waals surface area contributed by atoms with Crippen LogP contribution in [0.1, 0.15) is 44.9 Å². The number of para-hydroxylation sites is 1. The van der Waals surface area contributed by atoms with Gasteiger partial charge in [-0.1, -0.05) is 37.5 Å². The predicted molar refractivity (Wildman–Crippen MR) is 105 cm³/mol. The lowest BCUT2D eigenvalue weighted by Gasteiger charge is -2.25. The van der Waals surface area contributed by atoms with Crippen molar-refractivity contribution in [1.82, 2.24) is 10.6 Å². The molecule has 0 radical (unpaired) electrons. The number of piperidine rings is 1. The van der Waals surface area contributed by atoms with Gasteiger partial charge in [0.1, 0.15) is 6.04 Å². The van der Waals surface area contributed by atoms with Gasteiger partial charge in [-0.2, -0.15) is 12.6 Å². The summed E-state index contributed by atoms with van der Waals surface area (Å²) in [5.74, 6) is 0.627. The van der Waals surface area contributed by atoms with Crippen LogP contribution in [-0.4, -0.2) is 36.2 Å². The lowest BCUT2D eigenvalue weighted by atomic mass is 10.0. The number of carbonyl (C=O) groups is 2. The van der Waals surface area contributed by atoms with Crippen molar-refractivity contribution in [2.45, 2.75) is 57.0 Å². The van der Waals surface area contributed by atoms with E-state index in [4.69, 9.17) is 0 Å². The topological polar surface area (TPSA) is 70.2 Å². The number of nitrogens with one attached hydrogen (secondary N) is 3. The van der Waals surface area contributed by atoms with Crippen molar-refractivity contribution in [2.24, 2.45) is 0 Å². The zero-order valence-electron chi connectivity index (χ0n) is 14.7. The summed E-state index contributed by atoms with van der Waals surface area (Å²) < 4.78 is 0. The molecule has 1 saturated heterocycles. The number of rotatable bonds is 9. The van der Waals surface area contributed by atoms with Crippen LogP contribution in [0.5, 0.6) is 0 Å². The molecule has 2 amide bonds. The van der Waals surface area contributed by atoms with Crippen molar-refractivity contribution in [3.8, 4) is 0 Å². The molecule has 0 aliphatic carbocycles. The number of hydrogen-bond donors (Lipinski definition) is 4. The van der Waals surface area contributed by atoms with Crippen molar-refractivity contribution >= 4 is 30.1 Å². The summed E-state index contributed by atoms with van der Waals surface area (Å²) in [6.07, 6.45) is 6.55. The number of amides is 2. The zero-order valence-corrected chi connectivity index (χ0v) is 15.6. The van der Waals surface area contributed by atoms with Gasteiger partial charge in [0, 0.05) is 5.69 Å². The van der Waals surface area contributed by atoms with Crippen molar-refractivity contribution in [1.29, 1.82) is 0 Å². The number of benzene rings is 1. The second kappa shape index (κ2) is 11.2. The van der Waals surface area contributed by atoms with E-state index in [1.165, 1.54) is 0 Å². The molecule has 138 valence electrons. The molecule has 1 aliphatic heterocycles. The molecule has 2 rings (SSSR count). The van der Waals surface area contributed by atoms with E-state index in [1.54, 1.807) is 0 Å². The van der Waals surface area contributed by atoms with E-state index in [1.807, 2.05) is 30.3 Å². The quantitative estimate of drug-likeness (QED) is 0.403. The van der Waals surface area contributed by atoms with Gasteiger partial charge in [0.05, 0.1) is 6.04 Å². The second-order valence-corrected chi connectivity index (χ2v) is 6.94. The zero-order chi connectivity index (χ0) is 17.9. The summed E-state index contributed by atoms with van der Waals surface area (Å²) >= 11 is 4.22. The van der Waals surface area contributed by atoms with E-state index in [0.29, 0.717) is 6.42 Å². The van der Waals surface area contributed by atoms with Crippen LogP contribution in [0.2, 0.25) is 0 Å². The monoisotopic (exact) mass is 363 g/mol. The molecule has 1 aliphatic rings. The van der Waals surface area contributed by atoms with E-state index in [0.717, 1.165) is 56.5 Å². The summed E-state index contributed by atoms with van der Waals surface area (Å²) in [5, 5.41) is 9.09. The molecule has 25 heavy (non-hydrogen) atoms. The van der Waals surface area contributed by atoms with E-state index in [2.05, 4.69) is 28.6 Å². The van der Waals surface area contributed by atoms with Crippen molar-refractivity contribution < 1.29 is 9.59 Å². The highest BCUT2D eigenvalue weighted by Crippen LogP contribution is 2.12. The normalized spacial score (nSPS) is 18.4. The Balaban J connectivity index is 1.93. The molecular weight excluding hydrogens is 334 g/mol. The molecule has 1 unspecified atom stereocenters. The summed E-state index contributed by atoms with van der Waals surface area (Å²) in [5.41, 5.74) is 0.748. The second-order valence-electron chi connectivity index (χ2n) is 6.49.